The van der Waals surface area contributed by atoms with Crippen molar-refractivity contribution in [3.63, 3.8) is 0 Å². The summed E-state index contributed by atoms with van der Waals surface area (Å²) in [4.78, 5) is 29.9. The molecule has 2 aromatic carbocycles. The number of aromatic nitrogens is 6. The first-order valence-electron chi connectivity index (χ1n) is 10.7. The average molecular weight is 441 g/mol. The Bertz CT molecular complexity index is 1420. The third-order valence-corrected chi connectivity index (χ3v) is 5.76. The minimum absolute atomic E-state index is 0.128. The fourth-order valence-electron chi connectivity index (χ4n) is 4.09. The van der Waals surface area contributed by atoms with Gasteiger partial charge in [-0.25, -0.2) is 9.97 Å². The predicted molar refractivity (Wildman–Crippen MR) is 125 cm³/mol. The van der Waals surface area contributed by atoms with Crippen molar-refractivity contribution < 1.29 is 4.79 Å². The Morgan fingerprint density at radius 3 is 2.61 bits per heavy atom. The molecule has 0 fully saturated rings. The largest absolute Gasteiger partial charge is 0.366 e. The van der Waals surface area contributed by atoms with E-state index in [2.05, 4.69) is 25.4 Å². The molecule has 9 nitrogen and oxygen atoms in total. The van der Waals surface area contributed by atoms with Gasteiger partial charge in [0.15, 0.2) is 0 Å². The van der Waals surface area contributed by atoms with Crippen LogP contribution < -0.4 is 11.1 Å². The predicted octanol–water partition coefficient (Wildman–Crippen LogP) is 2.84. The molecule has 166 valence electrons. The summed E-state index contributed by atoms with van der Waals surface area (Å²) in [7, 11) is 0. The van der Waals surface area contributed by atoms with Gasteiger partial charge in [0.1, 0.15) is 5.82 Å². The Labute approximate surface area is 190 Å². The zero-order valence-corrected chi connectivity index (χ0v) is 18.4. The van der Waals surface area contributed by atoms with Crippen LogP contribution in [-0.4, -0.2) is 35.5 Å². The molecule has 5 rings (SSSR count). The molecule has 0 unspecified atom stereocenters. The van der Waals surface area contributed by atoms with Crippen molar-refractivity contribution >= 4 is 28.7 Å². The summed E-state index contributed by atoms with van der Waals surface area (Å²) in [5.74, 6) is 1.17. The molecule has 3 heterocycles. The molecule has 1 amide bonds. The number of hydrogen-bond donors (Lipinski definition) is 3. The van der Waals surface area contributed by atoms with Gasteiger partial charge >= 0.3 is 0 Å². The molecular weight excluding hydrogens is 416 g/mol. The average Bonchev–Trinajstić information content (AvgIpc) is 3.40. The first kappa shape index (κ1) is 20.6. The highest BCUT2D eigenvalue weighted by molar-refractivity contribution is 5.80. The van der Waals surface area contributed by atoms with E-state index in [1.54, 1.807) is 4.52 Å². The number of benzene rings is 2. The van der Waals surface area contributed by atoms with Crippen LogP contribution >= 0.6 is 0 Å². The molecule has 0 bridgehead atoms. The molecule has 0 aliphatic heterocycles. The maximum Gasteiger partial charge on any atom is 0.254 e. The second-order valence-electron chi connectivity index (χ2n) is 8.07. The van der Waals surface area contributed by atoms with Crippen LogP contribution in [0.3, 0.4) is 0 Å². The second-order valence-corrected chi connectivity index (χ2v) is 8.07. The first-order chi connectivity index (χ1) is 16.0. The number of amides is 1. The number of imidazole rings is 1. The number of aryl methyl sites for hydroxylation is 2. The molecule has 0 radical (unpaired) electrons. The van der Waals surface area contributed by atoms with E-state index >= 15 is 0 Å². The van der Waals surface area contributed by atoms with Crippen molar-refractivity contribution in [2.24, 2.45) is 0 Å². The highest BCUT2D eigenvalue weighted by atomic mass is 16.1. The van der Waals surface area contributed by atoms with Gasteiger partial charge < -0.3 is 16.0 Å². The molecule has 1 atom stereocenters. The monoisotopic (exact) mass is 440 g/mol. The number of nitrogen functional groups attached to an aromatic ring is 1. The summed E-state index contributed by atoms with van der Waals surface area (Å²) in [6, 6.07) is 17.6. The minimum Gasteiger partial charge on any atom is -0.366 e. The minimum atomic E-state index is -0.313. The fourth-order valence-corrected chi connectivity index (χ4v) is 4.09. The molecule has 5 aromatic rings. The Morgan fingerprint density at radius 2 is 1.82 bits per heavy atom. The molecule has 33 heavy (non-hydrogen) atoms. The summed E-state index contributed by atoms with van der Waals surface area (Å²) in [6.45, 7) is 3.75. The van der Waals surface area contributed by atoms with E-state index in [1.807, 2.05) is 68.4 Å². The van der Waals surface area contributed by atoms with E-state index in [0.717, 1.165) is 39.4 Å². The van der Waals surface area contributed by atoms with Crippen LogP contribution in [0.4, 0.5) is 5.95 Å². The first-order valence-corrected chi connectivity index (χ1v) is 10.7. The highest BCUT2D eigenvalue weighted by Gasteiger charge is 2.21. The number of nitrogens with two attached hydrogens (primary N) is 1. The van der Waals surface area contributed by atoms with Gasteiger partial charge in [0.2, 0.25) is 11.9 Å². The zero-order chi connectivity index (χ0) is 22.9. The van der Waals surface area contributed by atoms with E-state index in [-0.39, 0.29) is 24.3 Å². The lowest BCUT2D eigenvalue weighted by Crippen LogP contribution is -2.32. The number of carbonyl (C=O) groups is 1. The van der Waals surface area contributed by atoms with Crippen LogP contribution in [0, 0.1) is 13.8 Å². The number of anilines is 1. The lowest BCUT2D eigenvalue weighted by atomic mass is 10.0. The molecule has 0 saturated carbocycles. The Kier molecular flexibility index (Phi) is 5.21. The number of fused-ring (bicyclic) bond motifs is 2. The number of para-hydroxylation sites is 2. The molecule has 4 N–H and O–H groups in total. The SMILES string of the molecule is Cc1nc2nc(N)nn2c(C)c1CC(=O)N[C@@H](Cc1ccccc1)c1nc2ccccc2[nH]1. The maximum absolute atomic E-state index is 13.2. The summed E-state index contributed by atoms with van der Waals surface area (Å²) >= 11 is 0. The van der Waals surface area contributed by atoms with Gasteiger partial charge in [0.25, 0.3) is 5.78 Å². The van der Waals surface area contributed by atoms with Crippen molar-refractivity contribution in [2.45, 2.75) is 32.7 Å². The number of aromatic amines is 1. The van der Waals surface area contributed by atoms with Crippen molar-refractivity contribution in [3.8, 4) is 0 Å². The molecule has 0 aliphatic rings. The van der Waals surface area contributed by atoms with Crippen LogP contribution in [0.25, 0.3) is 16.8 Å². The molecule has 0 aliphatic carbocycles. The van der Waals surface area contributed by atoms with Crippen molar-refractivity contribution in [3.05, 3.63) is 82.9 Å². The van der Waals surface area contributed by atoms with Gasteiger partial charge in [-0.15, -0.1) is 5.10 Å². The number of rotatable bonds is 6. The van der Waals surface area contributed by atoms with Gasteiger partial charge in [0, 0.05) is 17.0 Å². The zero-order valence-electron chi connectivity index (χ0n) is 18.4. The van der Waals surface area contributed by atoms with E-state index in [9.17, 15) is 4.79 Å². The summed E-state index contributed by atoms with van der Waals surface area (Å²) in [6.07, 6.45) is 0.771. The Balaban J connectivity index is 1.44. The molecular formula is C24H24N8O. The van der Waals surface area contributed by atoms with Crippen LogP contribution in [0.5, 0.6) is 0 Å². The lowest BCUT2D eigenvalue weighted by Gasteiger charge is -2.18. The summed E-state index contributed by atoms with van der Waals surface area (Å²) < 4.78 is 1.58. The topological polar surface area (TPSA) is 127 Å². The third kappa shape index (κ3) is 4.12. The fraction of sp³-hybridized carbons (Fsp3) is 0.208. The van der Waals surface area contributed by atoms with E-state index in [4.69, 9.17) is 10.7 Å². The van der Waals surface area contributed by atoms with E-state index in [1.165, 1.54) is 0 Å². The summed E-state index contributed by atoms with van der Waals surface area (Å²) in [5, 5.41) is 7.35. The van der Waals surface area contributed by atoms with Crippen molar-refractivity contribution in [1.82, 2.24) is 34.9 Å². The van der Waals surface area contributed by atoms with Gasteiger partial charge in [-0.3, -0.25) is 4.79 Å². The van der Waals surface area contributed by atoms with E-state index < -0.39 is 0 Å². The van der Waals surface area contributed by atoms with Crippen molar-refractivity contribution in [2.75, 3.05) is 5.73 Å². The number of hydrogen-bond acceptors (Lipinski definition) is 6. The van der Waals surface area contributed by atoms with Gasteiger partial charge in [-0.1, -0.05) is 42.5 Å². The van der Waals surface area contributed by atoms with Gasteiger partial charge in [-0.2, -0.15) is 9.50 Å². The number of nitrogens with zero attached hydrogens (tertiary/aromatic N) is 5. The highest BCUT2D eigenvalue weighted by Crippen LogP contribution is 2.21. The lowest BCUT2D eigenvalue weighted by molar-refractivity contribution is -0.121. The summed E-state index contributed by atoms with van der Waals surface area (Å²) in [5.41, 5.74) is 11.0. The van der Waals surface area contributed by atoms with Crippen LogP contribution in [-0.2, 0) is 17.6 Å². The smallest absolute Gasteiger partial charge is 0.254 e. The maximum atomic E-state index is 13.2. The standard InChI is InChI=1S/C24H24N8O/c1-14-17(15(2)32-24(26-14)30-23(25)31-32)13-21(33)27-20(12-16-8-4-3-5-9-16)22-28-18-10-6-7-11-19(18)29-22/h3-11,20H,12-13H2,1-2H3,(H2,25,31)(H,27,33)(H,28,29)/t20-/m0/s1. The van der Waals surface area contributed by atoms with E-state index in [0.29, 0.717) is 12.2 Å². The second kappa shape index (κ2) is 8.34. The van der Waals surface area contributed by atoms with Gasteiger partial charge in [-0.05, 0) is 38.0 Å². The normalized spacial score (nSPS) is 12.3. The Morgan fingerprint density at radius 1 is 1.06 bits per heavy atom. The van der Waals surface area contributed by atoms with Gasteiger partial charge in [0.05, 0.1) is 23.5 Å². The number of carbonyl (C=O) groups excluding carboxylic acids is 1. The number of H-pyrrole nitrogens is 1. The van der Waals surface area contributed by atoms with Crippen LogP contribution in [0.1, 0.15) is 34.4 Å². The van der Waals surface area contributed by atoms with Crippen LogP contribution in [0.2, 0.25) is 0 Å². The third-order valence-electron chi connectivity index (χ3n) is 5.76. The Hall–Kier alpha value is -4.27. The molecule has 9 heteroatoms. The molecule has 0 spiro atoms. The molecule has 3 aromatic heterocycles. The quantitative estimate of drug-likeness (QED) is 0.373. The molecule has 0 saturated heterocycles. The van der Waals surface area contributed by atoms with Crippen LogP contribution in [0.15, 0.2) is 54.6 Å². The number of nitrogens with one attached hydrogen (secondary N) is 2. The van der Waals surface area contributed by atoms with Crippen molar-refractivity contribution in [1.29, 1.82) is 0 Å².